The molecular weight excluding hydrogens is 458 g/mol. The molecule has 0 fully saturated rings. The number of carbonyl (C=O) groups is 2. The van der Waals surface area contributed by atoms with Crippen molar-refractivity contribution in [2.45, 2.75) is 11.8 Å². The van der Waals surface area contributed by atoms with Crippen LogP contribution in [-0.4, -0.2) is 11.8 Å². The van der Waals surface area contributed by atoms with Gasteiger partial charge in [0.1, 0.15) is 16.4 Å². The topological polar surface area (TPSA) is 49.4 Å². The number of carbonyl (C=O) groups excluding carboxylic acids is 2. The van der Waals surface area contributed by atoms with Crippen LogP contribution in [0.5, 0.6) is 0 Å². The number of halogens is 3. The third-order valence-electron chi connectivity index (χ3n) is 4.59. The molecule has 1 aliphatic rings. The summed E-state index contributed by atoms with van der Waals surface area (Å²) in [5, 5.41) is 3.37. The summed E-state index contributed by atoms with van der Waals surface area (Å²) in [6.45, 7) is 1.77. The Morgan fingerprint density at radius 2 is 1.68 bits per heavy atom. The van der Waals surface area contributed by atoms with Crippen LogP contribution in [0.25, 0.3) is 0 Å². The Kier molecular flexibility index (Phi) is 6.05. The van der Waals surface area contributed by atoms with Crippen LogP contribution in [0.2, 0.25) is 10.0 Å². The highest BCUT2D eigenvalue weighted by atomic mass is 35.5. The Hall–Kier alpha value is -2.80. The molecule has 0 radical (unpaired) electrons. The molecule has 0 saturated heterocycles. The van der Waals surface area contributed by atoms with Crippen molar-refractivity contribution in [1.82, 2.24) is 0 Å². The fourth-order valence-electron chi connectivity index (χ4n) is 3.13. The first kappa shape index (κ1) is 21.4. The second-order valence-corrected chi connectivity index (χ2v) is 8.68. The summed E-state index contributed by atoms with van der Waals surface area (Å²) >= 11 is 13.1. The van der Waals surface area contributed by atoms with E-state index in [-0.39, 0.29) is 15.6 Å². The number of nitrogens with one attached hydrogen (secondary N) is 1. The molecule has 31 heavy (non-hydrogen) atoms. The number of anilines is 2. The van der Waals surface area contributed by atoms with Crippen LogP contribution in [0.3, 0.4) is 0 Å². The minimum Gasteiger partial charge on any atom is -0.350 e. The summed E-state index contributed by atoms with van der Waals surface area (Å²) in [6.07, 6.45) is 0. The van der Waals surface area contributed by atoms with E-state index in [1.807, 2.05) is 30.3 Å². The average Bonchev–Trinajstić information content (AvgIpc) is 2.96. The van der Waals surface area contributed by atoms with E-state index in [0.717, 1.165) is 9.80 Å². The maximum absolute atomic E-state index is 13.6. The largest absolute Gasteiger partial charge is 0.350 e. The van der Waals surface area contributed by atoms with Gasteiger partial charge in [-0.3, -0.25) is 9.59 Å². The zero-order valence-electron chi connectivity index (χ0n) is 16.2. The van der Waals surface area contributed by atoms with Crippen molar-refractivity contribution in [2.24, 2.45) is 0 Å². The van der Waals surface area contributed by atoms with Gasteiger partial charge in [-0.1, -0.05) is 53.2 Å². The second kappa shape index (κ2) is 8.75. The van der Waals surface area contributed by atoms with Crippen LogP contribution in [0.1, 0.15) is 5.56 Å². The predicted molar refractivity (Wildman–Crippen MR) is 123 cm³/mol. The van der Waals surface area contributed by atoms with Gasteiger partial charge in [0, 0.05) is 15.6 Å². The fourth-order valence-corrected chi connectivity index (χ4v) is 4.48. The van der Waals surface area contributed by atoms with Gasteiger partial charge >= 0.3 is 0 Å². The molecule has 156 valence electrons. The molecule has 2 amide bonds. The van der Waals surface area contributed by atoms with Crippen LogP contribution in [-0.2, 0) is 9.59 Å². The maximum atomic E-state index is 13.6. The third-order valence-corrected chi connectivity index (χ3v) is 6.21. The number of aryl methyl sites for hydroxylation is 1. The summed E-state index contributed by atoms with van der Waals surface area (Å²) in [7, 11) is 0. The summed E-state index contributed by atoms with van der Waals surface area (Å²) < 4.78 is 13.6. The Morgan fingerprint density at radius 3 is 2.35 bits per heavy atom. The first-order valence-corrected chi connectivity index (χ1v) is 10.8. The highest BCUT2D eigenvalue weighted by molar-refractivity contribution is 8.04. The molecule has 0 bridgehead atoms. The molecule has 4 rings (SSSR count). The lowest BCUT2D eigenvalue weighted by atomic mass is 10.2. The van der Waals surface area contributed by atoms with E-state index in [2.05, 4.69) is 5.32 Å². The second-order valence-electron chi connectivity index (χ2n) is 6.75. The maximum Gasteiger partial charge on any atom is 0.283 e. The molecule has 0 unspecified atom stereocenters. The third kappa shape index (κ3) is 4.32. The van der Waals surface area contributed by atoms with Gasteiger partial charge in [0.2, 0.25) is 0 Å². The molecule has 0 saturated carbocycles. The van der Waals surface area contributed by atoms with Gasteiger partial charge in [-0.2, -0.15) is 0 Å². The van der Waals surface area contributed by atoms with E-state index < -0.39 is 17.6 Å². The lowest BCUT2D eigenvalue weighted by molar-refractivity contribution is -0.120. The molecule has 0 aromatic heterocycles. The SMILES string of the molecule is Cc1cc(Cl)ccc1N1C(=O)C(Nc2ccc(F)c(Cl)c2)=C(Sc2ccccc2)C1=O. The van der Waals surface area contributed by atoms with E-state index in [9.17, 15) is 14.0 Å². The normalized spacial score (nSPS) is 13.9. The van der Waals surface area contributed by atoms with Crippen molar-refractivity contribution in [3.63, 3.8) is 0 Å². The van der Waals surface area contributed by atoms with Crippen LogP contribution in [0, 0.1) is 12.7 Å². The van der Waals surface area contributed by atoms with Gasteiger partial charge in [-0.15, -0.1) is 0 Å². The molecule has 8 heteroatoms. The van der Waals surface area contributed by atoms with Gasteiger partial charge in [-0.25, -0.2) is 9.29 Å². The minimum atomic E-state index is -0.577. The predicted octanol–water partition coefficient (Wildman–Crippen LogP) is 6.43. The number of benzene rings is 3. The monoisotopic (exact) mass is 472 g/mol. The Balaban J connectivity index is 1.77. The molecule has 3 aromatic carbocycles. The summed E-state index contributed by atoms with van der Waals surface area (Å²) in [4.78, 5) is 28.8. The number of rotatable bonds is 5. The van der Waals surface area contributed by atoms with Crippen LogP contribution in [0.15, 0.2) is 82.2 Å². The molecule has 4 nitrogen and oxygen atoms in total. The lowest BCUT2D eigenvalue weighted by Crippen LogP contribution is -2.33. The molecular formula is C23H15Cl2FN2O2S. The first-order valence-electron chi connectivity index (χ1n) is 9.19. The summed E-state index contributed by atoms with van der Waals surface area (Å²) in [5.41, 5.74) is 1.61. The summed E-state index contributed by atoms with van der Waals surface area (Å²) in [5.74, 6) is -1.55. The first-order chi connectivity index (χ1) is 14.8. The minimum absolute atomic E-state index is 0.0926. The van der Waals surface area contributed by atoms with Gasteiger partial charge < -0.3 is 5.32 Å². The van der Waals surface area contributed by atoms with Gasteiger partial charge in [0.05, 0.1) is 10.7 Å². The highest BCUT2D eigenvalue weighted by Crippen LogP contribution is 2.39. The molecule has 0 aliphatic carbocycles. The number of imide groups is 1. The average molecular weight is 473 g/mol. The van der Waals surface area contributed by atoms with Crippen molar-refractivity contribution in [3.8, 4) is 0 Å². The Bertz CT molecular complexity index is 1230. The smallest absolute Gasteiger partial charge is 0.283 e. The van der Waals surface area contributed by atoms with E-state index in [4.69, 9.17) is 23.2 Å². The van der Waals surface area contributed by atoms with Crippen molar-refractivity contribution in [1.29, 1.82) is 0 Å². The standard InChI is InChI=1S/C23H15Cl2FN2O2S/c1-13-11-14(24)7-10-19(13)28-22(29)20(27-15-8-9-18(26)17(25)12-15)21(23(28)30)31-16-5-3-2-4-6-16/h2-12,27H,1H3. The van der Waals surface area contributed by atoms with Crippen LogP contribution < -0.4 is 10.2 Å². The number of amides is 2. The molecule has 0 spiro atoms. The Labute approximate surface area is 192 Å². The van der Waals surface area contributed by atoms with Crippen molar-refractivity contribution in [3.05, 3.63) is 98.8 Å². The molecule has 1 N–H and O–H groups in total. The Morgan fingerprint density at radius 1 is 0.935 bits per heavy atom. The summed E-state index contributed by atoms with van der Waals surface area (Å²) in [6, 6.07) is 18.2. The van der Waals surface area contributed by atoms with Gasteiger partial charge in [0.25, 0.3) is 11.8 Å². The molecule has 1 aliphatic heterocycles. The number of hydrogen-bond donors (Lipinski definition) is 1. The quantitative estimate of drug-likeness (QED) is 0.434. The number of hydrogen-bond acceptors (Lipinski definition) is 4. The fraction of sp³-hybridized carbons (Fsp3) is 0.0435. The van der Waals surface area contributed by atoms with E-state index >= 15 is 0 Å². The van der Waals surface area contributed by atoms with E-state index in [1.165, 1.54) is 30.0 Å². The number of thioether (sulfide) groups is 1. The van der Waals surface area contributed by atoms with Crippen LogP contribution in [0.4, 0.5) is 15.8 Å². The highest BCUT2D eigenvalue weighted by Gasteiger charge is 2.40. The van der Waals surface area contributed by atoms with Crippen molar-refractivity contribution < 1.29 is 14.0 Å². The van der Waals surface area contributed by atoms with Gasteiger partial charge in [-0.05, 0) is 61.0 Å². The van der Waals surface area contributed by atoms with Crippen molar-refractivity contribution >= 4 is 58.2 Å². The van der Waals surface area contributed by atoms with Crippen LogP contribution >= 0.6 is 35.0 Å². The zero-order chi connectivity index (χ0) is 22.1. The molecule has 0 atom stereocenters. The van der Waals surface area contributed by atoms with E-state index in [0.29, 0.717) is 22.0 Å². The zero-order valence-corrected chi connectivity index (χ0v) is 18.5. The number of nitrogens with zero attached hydrogens (tertiary/aromatic N) is 1. The van der Waals surface area contributed by atoms with Gasteiger partial charge in [0.15, 0.2) is 0 Å². The van der Waals surface area contributed by atoms with Crippen molar-refractivity contribution in [2.75, 3.05) is 10.2 Å². The van der Waals surface area contributed by atoms with E-state index in [1.54, 1.807) is 25.1 Å². The lowest BCUT2D eigenvalue weighted by Gasteiger charge is -2.18. The molecule has 3 aromatic rings. The molecule has 1 heterocycles.